The molecule has 0 aliphatic rings. The van der Waals surface area contributed by atoms with Crippen molar-refractivity contribution in [1.29, 1.82) is 0 Å². The number of carbonyl (C=O) groups is 1. The van der Waals surface area contributed by atoms with Crippen LogP contribution in [0.1, 0.15) is 31.9 Å². The highest BCUT2D eigenvalue weighted by atomic mass is 32.2. The minimum absolute atomic E-state index is 0.0875. The number of amides is 1. The van der Waals surface area contributed by atoms with Crippen molar-refractivity contribution in [3.63, 3.8) is 0 Å². The summed E-state index contributed by atoms with van der Waals surface area (Å²) in [5.41, 5.74) is 3.88. The van der Waals surface area contributed by atoms with Crippen molar-refractivity contribution >= 4 is 34.2 Å². The Morgan fingerprint density at radius 1 is 1.03 bits per heavy atom. The van der Waals surface area contributed by atoms with E-state index in [0.717, 1.165) is 21.9 Å². The molecule has 0 saturated heterocycles. The Morgan fingerprint density at radius 3 is 2.47 bits per heavy atom. The van der Waals surface area contributed by atoms with Gasteiger partial charge in [0.2, 0.25) is 5.91 Å². The Bertz CT molecular complexity index is 1190. The number of thioether (sulfide) groups is 1. The van der Waals surface area contributed by atoms with E-state index >= 15 is 0 Å². The minimum atomic E-state index is -0.274. The van der Waals surface area contributed by atoms with Gasteiger partial charge in [-0.25, -0.2) is 0 Å². The molecule has 0 aliphatic heterocycles. The van der Waals surface area contributed by atoms with Crippen LogP contribution in [-0.4, -0.2) is 36.7 Å². The highest BCUT2D eigenvalue weighted by Crippen LogP contribution is 2.27. The molecule has 0 radical (unpaired) electrons. The van der Waals surface area contributed by atoms with Gasteiger partial charge in [-0.15, -0.1) is 10.2 Å². The second-order valence-corrected chi connectivity index (χ2v) is 9.39. The number of nitrogens with zero attached hydrogens (tertiary/aromatic N) is 4. The summed E-state index contributed by atoms with van der Waals surface area (Å²) in [6.45, 7) is 8.88. The number of rotatable bonds is 5. The van der Waals surface area contributed by atoms with Crippen molar-refractivity contribution < 1.29 is 4.79 Å². The smallest absolute Gasteiger partial charge is 0.233 e. The first-order valence-electron chi connectivity index (χ1n) is 10.1. The van der Waals surface area contributed by atoms with Gasteiger partial charge in [0.25, 0.3) is 0 Å². The van der Waals surface area contributed by atoms with Gasteiger partial charge in [-0.2, -0.15) is 0 Å². The van der Waals surface area contributed by atoms with Gasteiger partial charge >= 0.3 is 0 Å². The number of pyridine rings is 1. The van der Waals surface area contributed by atoms with Crippen LogP contribution in [0.25, 0.3) is 16.6 Å². The van der Waals surface area contributed by atoms with Crippen molar-refractivity contribution in [2.45, 2.75) is 44.9 Å². The fraction of sp³-hybridized carbons (Fsp3) is 0.292. The summed E-state index contributed by atoms with van der Waals surface area (Å²) in [7, 11) is 0. The van der Waals surface area contributed by atoms with E-state index < -0.39 is 0 Å². The number of aromatic nitrogens is 3. The molecule has 6 heteroatoms. The van der Waals surface area contributed by atoms with Crippen LogP contribution in [0.2, 0.25) is 0 Å². The normalized spacial score (nSPS) is 11.9. The van der Waals surface area contributed by atoms with Crippen LogP contribution in [0.5, 0.6) is 0 Å². The maximum Gasteiger partial charge on any atom is 0.233 e. The molecular formula is C24H26N4OS. The van der Waals surface area contributed by atoms with E-state index in [1.54, 1.807) is 0 Å². The molecule has 0 spiro atoms. The first-order chi connectivity index (χ1) is 14.3. The summed E-state index contributed by atoms with van der Waals surface area (Å²) in [6.07, 6.45) is 0. The molecule has 0 atom stereocenters. The number of hydrogen-bond acceptors (Lipinski definition) is 4. The fourth-order valence-corrected chi connectivity index (χ4v) is 4.47. The molecule has 4 rings (SSSR count). The predicted molar refractivity (Wildman–Crippen MR) is 123 cm³/mol. The quantitative estimate of drug-likeness (QED) is 0.423. The lowest BCUT2D eigenvalue weighted by molar-refractivity contribution is -0.133. The Labute approximate surface area is 181 Å². The molecule has 1 amide bonds. The van der Waals surface area contributed by atoms with E-state index in [4.69, 9.17) is 0 Å². The summed E-state index contributed by atoms with van der Waals surface area (Å²) in [6, 6.07) is 20.4. The highest BCUT2D eigenvalue weighted by Gasteiger charge is 2.27. The maximum atomic E-state index is 13.2. The average Bonchev–Trinajstić information content (AvgIpc) is 3.13. The molecule has 2 heterocycles. The summed E-state index contributed by atoms with van der Waals surface area (Å²) in [4.78, 5) is 15.1. The lowest BCUT2D eigenvalue weighted by atomic mass is 10.0. The van der Waals surface area contributed by atoms with Gasteiger partial charge in [0.1, 0.15) is 0 Å². The molecule has 0 N–H and O–H groups in total. The standard InChI is InChI=1S/C24H26N4OS/c1-17-14-21-25-26-23(28(21)20-13-9-8-12-19(17)20)30-16-22(29)27(24(2,3)4)15-18-10-6-5-7-11-18/h5-14H,15-16H2,1-4H3. The molecule has 5 nitrogen and oxygen atoms in total. The van der Waals surface area contributed by atoms with Gasteiger partial charge in [-0.05, 0) is 51.0 Å². The first kappa shape index (κ1) is 20.4. The van der Waals surface area contributed by atoms with Crippen molar-refractivity contribution in [2.75, 3.05) is 5.75 Å². The van der Waals surface area contributed by atoms with Crippen molar-refractivity contribution in [2.24, 2.45) is 0 Å². The van der Waals surface area contributed by atoms with Crippen LogP contribution < -0.4 is 0 Å². The molecule has 0 aliphatic carbocycles. The van der Waals surface area contributed by atoms with E-state index in [1.165, 1.54) is 22.7 Å². The van der Waals surface area contributed by atoms with Gasteiger partial charge in [-0.1, -0.05) is 60.3 Å². The number of fused-ring (bicyclic) bond motifs is 3. The second kappa shape index (κ2) is 8.11. The van der Waals surface area contributed by atoms with E-state index in [-0.39, 0.29) is 11.4 Å². The van der Waals surface area contributed by atoms with Crippen LogP contribution in [-0.2, 0) is 11.3 Å². The zero-order valence-electron chi connectivity index (χ0n) is 17.8. The SMILES string of the molecule is Cc1cc2nnc(SCC(=O)N(Cc3ccccc3)C(C)(C)C)n2c2ccccc12. The Hall–Kier alpha value is -2.86. The number of para-hydroxylation sites is 1. The zero-order chi connectivity index (χ0) is 21.3. The second-order valence-electron chi connectivity index (χ2n) is 8.45. The van der Waals surface area contributed by atoms with E-state index in [1.807, 2.05) is 45.7 Å². The van der Waals surface area contributed by atoms with Crippen LogP contribution in [0, 0.1) is 6.92 Å². The van der Waals surface area contributed by atoms with Gasteiger partial charge in [-0.3, -0.25) is 9.20 Å². The number of aryl methyl sites for hydroxylation is 1. The van der Waals surface area contributed by atoms with E-state index in [0.29, 0.717) is 12.3 Å². The first-order valence-corrected chi connectivity index (χ1v) is 11.0. The number of hydrogen-bond donors (Lipinski definition) is 0. The average molecular weight is 419 g/mol. The molecule has 0 saturated carbocycles. The van der Waals surface area contributed by atoms with Crippen LogP contribution in [0.15, 0.2) is 65.8 Å². The van der Waals surface area contributed by atoms with E-state index in [2.05, 4.69) is 62.2 Å². The summed E-state index contributed by atoms with van der Waals surface area (Å²) >= 11 is 1.44. The topological polar surface area (TPSA) is 50.5 Å². The molecule has 154 valence electrons. The van der Waals surface area contributed by atoms with Crippen molar-refractivity contribution in [1.82, 2.24) is 19.5 Å². The van der Waals surface area contributed by atoms with Gasteiger partial charge < -0.3 is 4.90 Å². The molecule has 4 aromatic rings. The van der Waals surface area contributed by atoms with Crippen molar-refractivity contribution in [3.05, 3.63) is 71.8 Å². The van der Waals surface area contributed by atoms with E-state index in [9.17, 15) is 4.79 Å². The largest absolute Gasteiger partial charge is 0.333 e. The highest BCUT2D eigenvalue weighted by molar-refractivity contribution is 7.99. The molecule has 0 unspecified atom stereocenters. The monoisotopic (exact) mass is 418 g/mol. The number of carbonyl (C=O) groups excluding carboxylic acids is 1. The maximum absolute atomic E-state index is 13.2. The summed E-state index contributed by atoms with van der Waals surface area (Å²) in [5.74, 6) is 0.400. The van der Waals surface area contributed by atoms with Gasteiger partial charge in [0.05, 0.1) is 11.3 Å². The fourth-order valence-electron chi connectivity index (χ4n) is 3.64. The summed E-state index contributed by atoms with van der Waals surface area (Å²) in [5, 5.41) is 10.6. The Morgan fingerprint density at radius 2 is 1.73 bits per heavy atom. The Kier molecular flexibility index (Phi) is 5.52. The third-order valence-corrected chi connectivity index (χ3v) is 6.11. The van der Waals surface area contributed by atoms with Crippen LogP contribution in [0.4, 0.5) is 0 Å². The molecular weight excluding hydrogens is 392 g/mol. The zero-order valence-corrected chi connectivity index (χ0v) is 18.6. The minimum Gasteiger partial charge on any atom is -0.333 e. The van der Waals surface area contributed by atoms with Crippen LogP contribution in [0.3, 0.4) is 0 Å². The van der Waals surface area contributed by atoms with Crippen LogP contribution >= 0.6 is 11.8 Å². The summed E-state index contributed by atoms with van der Waals surface area (Å²) < 4.78 is 2.04. The Balaban J connectivity index is 1.59. The molecule has 0 bridgehead atoms. The van der Waals surface area contributed by atoms with Gasteiger partial charge in [0.15, 0.2) is 10.8 Å². The predicted octanol–water partition coefficient (Wildman–Crippen LogP) is 5.11. The number of benzene rings is 2. The molecule has 2 aromatic heterocycles. The molecule has 30 heavy (non-hydrogen) atoms. The van der Waals surface area contributed by atoms with Gasteiger partial charge in [0, 0.05) is 17.5 Å². The van der Waals surface area contributed by atoms with Crippen molar-refractivity contribution in [3.8, 4) is 0 Å². The third-order valence-electron chi connectivity index (χ3n) is 5.19. The molecule has 0 fully saturated rings. The molecule has 2 aromatic carbocycles. The lowest BCUT2D eigenvalue weighted by Crippen LogP contribution is -2.45. The third kappa shape index (κ3) is 4.05. The lowest BCUT2D eigenvalue weighted by Gasteiger charge is -2.36.